The van der Waals surface area contributed by atoms with Crippen molar-refractivity contribution < 1.29 is 23.8 Å². The average Bonchev–Trinajstić information content (AvgIpc) is 3.43. The Labute approximate surface area is 247 Å². The van der Waals surface area contributed by atoms with Gasteiger partial charge in [0, 0.05) is 43.0 Å². The number of hydrogen-bond acceptors (Lipinski definition) is 7. The fourth-order valence-electron chi connectivity index (χ4n) is 4.43. The van der Waals surface area contributed by atoms with Gasteiger partial charge in [0.05, 0.1) is 18.9 Å². The molecule has 0 spiro atoms. The topological polar surface area (TPSA) is 121 Å². The van der Waals surface area contributed by atoms with Gasteiger partial charge in [-0.05, 0) is 72.6 Å². The Morgan fingerprint density at radius 3 is 2.42 bits per heavy atom. The molecule has 2 amide bonds. The van der Waals surface area contributed by atoms with E-state index in [1.807, 2.05) is 37.4 Å². The lowest BCUT2D eigenvalue weighted by Gasteiger charge is -2.17. The summed E-state index contributed by atoms with van der Waals surface area (Å²) in [5.41, 5.74) is 4.76. The molecule has 0 bridgehead atoms. The molecule has 0 saturated heterocycles. The summed E-state index contributed by atoms with van der Waals surface area (Å²) in [7, 11) is 1.63. The quantitative estimate of drug-likeness (QED) is 0.207. The number of carbonyl (C=O) groups is 2. The molecule has 5 rings (SSSR count). The Hall–Kier alpha value is -5.29. The number of fused-ring (bicyclic) bond motifs is 1. The molecule has 0 aliphatic heterocycles. The van der Waals surface area contributed by atoms with Crippen molar-refractivity contribution in [1.82, 2.24) is 24.8 Å². The lowest BCUT2D eigenvalue weighted by Crippen LogP contribution is -2.29. The highest BCUT2D eigenvalue weighted by Crippen LogP contribution is 2.29. The third-order valence-electron chi connectivity index (χ3n) is 6.73. The Balaban J connectivity index is 1.28. The second kappa shape index (κ2) is 13.1. The number of halogens is 1. The highest BCUT2D eigenvalue weighted by atomic mass is 19.1. The number of ether oxygens (including phenoxy) is 1. The fraction of sp³-hybridized carbons (Fsp3) is 0.188. The Morgan fingerprint density at radius 1 is 0.977 bits per heavy atom. The van der Waals surface area contributed by atoms with Gasteiger partial charge in [0.2, 0.25) is 5.95 Å². The van der Waals surface area contributed by atoms with Gasteiger partial charge in [-0.1, -0.05) is 24.3 Å². The zero-order valence-corrected chi connectivity index (χ0v) is 23.8. The predicted octanol–water partition coefficient (Wildman–Crippen LogP) is 4.67. The van der Waals surface area contributed by atoms with Crippen LogP contribution in [0.25, 0.3) is 16.8 Å². The minimum Gasteiger partial charge on any atom is -0.492 e. The number of amides is 2. The maximum atomic E-state index is 13.1. The summed E-state index contributed by atoms with van der Waals surface area (Å²) in [6.07, 6.45) is 1.85. The molecule has 0 atom stereocenters. The minimum atomic E-state index is -0.318. The number of nitrogens with zero attached hydrogens (tertiary/aromatic N) is 4. The van der Waals surface area contributed by atoms with Crippen molar-refractivity contribution in [3.63, 3.8) is 0 Å². The maximum absolute atomic E-state index is 13.1. The van der Waals surface area contributed by atoms with E-state index >= 15 is 0 Å². The van der Waals surface area contributed by atoms with Gasteiger partial charge < -0.3 is 25.4 Å². The summed E-state index contributed by atoms with van der Waals surface area (Å²) in [5, 5.41) is 19.7. The molecule has 10 nitrogen and oxygen atoms in total. The molecule has 220 valence electrons. The number of pyridine rings is 1. The molecule has 43 heavy (non-hydrogen) atoms. The largest absolute Gasteiger partial charge is 0.492 e. The van der Waals surface area contributed by atoms with E-state index in [2.05, 4.69) is 20.7 Å². The number of hydrogen-bond donors (Lipinski definition) is 3. The lowest BCUT2D eigenvalue weighted by atomic mass is 10.1. The number of benzene rings is 3. The number of aromatic nitrogens is 3. The Kier molecular flexibility index (Phi) is 8.92. The van der Waals surface area contributed by atoms with E-state index in [-0.39, 0.29) is 30.8 Å². The summed E-state index contributed by atoms with van der Waals surface area (Å²) in [4.78, 5) is 31.2. The van der Waals surface area contributed by atoms with E-state index < -0.39 is 0 Å². The molecule has 0 saturated carbocycles. The van der Waals surface area contributed by atoms with Gasteiger partial charge >= 0.3 is 0 Å². The summed E-state index contributed by atoms with van der Waals surface area (Å²) in [5.74, 6) is 0.0641. The smallest absolute Gasteiger partial charge is 0.253 e. The van der Waals surface area contributed by atoms with E-state index in [9.17, 15) is 14.0 Å². The van der Waals surface area contributed by atoms with Gasteiger partial charge in [0.15, 0.2) is 5.65 Å². The van der Waals surface area contributed by atoms with Crippen LogP contribution in [0.3, 0.4) is 0 Å². The molecule has 2 aromatic heterocycles. The summed E-state index contributed by atoms with van der Waals surface area (Å²) in [6.45, 7) is 2.66. The molecule has 0 aliphatic rings. The van der Waals surface area contributed by atoms with Gasteiger partial charge in [0.25, 0.3) is 11.8 Å². The maximum Gasteiger partial charge on any atom is 0.253 e. The molecule has 0 fully saturated rings. The Bertz CT molecular complexity index is 1740. The van der Waals surface area contributed by atoms with Crippen molar-refractivity contribution in [2.45, 2.75) is 13.5 Å². The molecule has 0 aliphatic carbocycles. The summed E-state index contributed by atoms with van der Waals surface area (Å²) in [6, 6.07) is 22.1. The van der Waals surface area contributed by atoms with E-state index in [1.165, 1.54) is 17.0 Å². The van der Waals surface area contributed by atoms with Crippen LogP contribution < -0.4 is 15.4 Å². The summed E-state index contributed by atoms with van der Waals surface area (Å²) < 4.78 is 20.5. The number of likely N-dealkylation sites (N-methyl/N-ethyl adjacent to an activating group) is 1. The molecule has 11 heteroatoms. The predicted molar refractivity (Wildman–Crippen MR) is 161 cm³/mol. The average molecular weight is 583 g/mol. The third kappa shape index (κ3) is 6.96. The highest BCUT2D eigenvalue weighted by Gasteiger charge is 2.16. The third-order valence-corrected chi connectivity index (χ3v) is 6.73. The standard InChI is InChI=1S/C32H31FN6O4/c1-3-43-28-18-24(31(42)38(2)16-17-40)10-14-27(28)35-32-36-29-15-11-25(20-39(29)37-32)22-6-8-23(9-7-22)30(41)34-19-21-4-12-26(33)13-5-21/h4-15,18,20,40H,3,16-17,19H2,1-2H3,(H,34,41)(H,35,37). The first-order chi connectivity index (χ1) is 20.8. The van der Waals surface area contributed by atoms with Crippen LogP contribution in [0.5, 0.6) is 5.75 Å². The van der Waals surface area contributed by atoms with Crippen molar-refractivity contribution in [3.8, 4) is 16.9 Å². The highest BCUT2D eigenvalue weighted by molar-refractivity contribution is 5.95. The van der Waals surface area contributed by atoms with Crippen LogP contribution in [0.15, 0.2) is 85.1 Å². The van der Waals surface area contributed by atoms with Gasteiger partial charge in [-0.2, -0.15) is 4.98 Å². The van der Waals surface area contributed by atoms with Crippen molar-refractivity contribution >= 4 is 29.1 Å². The van der Waals surface area contributed by atoms with Gasteiger partial charge in [-0.3, -0.25) is 9.59 Å². The molecule has 3 N–H and O–H groups in total. The van der Waals surface area contributed by atoms with Crippen molar-refractivity contribution in [2.75, 3.05) is 32.1 Å². The number of nitrogens with one attached hydrogen (secondary N) is 2. The second-order valence-electron chi connectivity index (χ2n) is 9.76. The zero-order chi connectivity index (χ0) is 30.3. The first kappa shape index (κ1) is 29.2. The van der Waals surface area contributed by atoms with Crippen LogP contribution in [-0.2, 0) is 6.54 Å². The Morgan fingerprint density at radius 2 is 1.70 bits per heavy atom. The fourth-order valence-corrected chi connectivity index (χ4v) is 4.43. The minimum absolute atomic E-state index is 0.121. The second-order valence-corrected chi connectivity index (χ2v) is 9.76. The molecule has 0 unspecified atom stereocenters. The molecule has 0 radical (unpaired) electrons. The van der Waals surface area contributed by atoms with Gasteiger partial charge in [-0.15, -0.1) is 5.10 Å². The lowest BCUT2D eigenvalue weighted by molar-refractivity contribution is 0.0766. The number of carbonyl (C=O) groups excluding carboxylic acids is 2. The van der Waals surface area contributed by atoms with Crippen LogP contribution in [0.4, 0.5) is 16.0 Å². The van der Waals surface area contributed by atoms with E-state index in [1.54, 1.807) is 54.0 Å². The number of anilines is 2. The first-order valence-electron chi connectivity index (χ1n) is 13.7. The van der Waals surface area contributed by atoms with Crippen LogP contribution >= 0.6 is 0 Å². The number of aliphatic hydroxyl groups is 1. The normalized spacial score (nSPS) is 10.9. The van der Waals surface area contributed by atoms with Crippen LogP contribution in [0.1, 0.15) is 33.2 Å². The van der Waals surface area contributed by atoms with Crippen molar-refractivity contribution in [1.29, 1.82) is 0 Å². The van der Waals surface area contributed by atoms with Gasteiger partial charge in [-0.25, -0.2) is 8.91 Å². The van der Waals surface area contributed by atoms with Crippen LogP contribution in [0, 0.1) is 5.82 Å². The van der Waals surface area contributed by atoms with Crippen LogP contribution in [0.2, 0.25) is 0 Å². The molecule has 2 heterocycles. The SMILES string of the molecule is CCOc1cc(C(=O)N(C)CCO)ccc1Nc1nc2ccc(-c3ccc(C(=O)NCc4ccc(F)cc4)cc3)cn2n1. The van der Waals surface area contributed by atoms with Gasteiger partial charge in [0.1, 0.15) is 11.6 Å². The molecule has 3 aromatic carbocycles. The molecular weight excluding hydrogens is 551 g/mol. The van der Waals surface area contributed by atoms with Crippen molar-refractivity contribution in [3.05, 3.63) is 108 Å². The first-order valence-corrected chi connectivity index (χ1v) is 13.7. The number of aliphatic hydroxyl groups excluding tert-OH is 1. The molecular formula is C32H31FN6O4. The number of rotatable bonds is 11. The zero-order valence-electron chi connectivity index (χ0n) is 23.8. The van der Waals surface area contributed by atoms with Crippen LogP contribution in [-0.4, -0.2) is 63.2 Å². The van der Waals surface area contributed by atoms with E-state index in [0.717, 1.165) is 16.7 Å². The van der Waals surface area contributed by atoms with E-state index in [0.29, 0.717) is 47.3 Å². The monoisotopic (exact) mass is 582 g/mol. The van der Waals surface area contributed by atoms with Crippen molar-refractivity contribution in [2.24, 2.45) is 0 Å². The molecule has 5 aromatic rings. The summed E-state index contributed by atoms with van der Waals surface area (Å²) >= 11 is 0. The van der Waals surface area contributed by atoms with E-state index in [4.69, 9.17) is 9.84 Å².